The van der Waals surface area contributed by atoms with Gasteiger partial charge in [-0.3, -0.25) is 4.99 Å². The third-order valence-corrected chi connectivity index (χ3v) is 5.26. The number of nitrogens with one attached hydrogen (secondary N) is 1. The molecular weight excluding hydrogens is 455 g/mol. The van der Waals surface area contributed by atoms with E-state index in [2.05, 4.69) is 59.3 Å². The Bertz CT molecular complexity index is 632. The molecule has 0 aromatic heterocycles. The lowest BCUT2D eigenvalue weighted by Gasteiger charge is -2.37. The largest absolute Gasteiger partial charge is 0.378 e. The zero-order valence-electron chi connectivity index (χ0n) is 16.9. The Kier molecular flexibility index (Phi) is 8.62. The minimum atomic E-state index is 0. The summed E-state index contributed by atoms with van der Waals surface area (Å²) in [5.41, 5.74) is 3.81. The number of guanidine groups is 1. The number of halogens is 1. The van der Waals surface area contributed by atoms with Crippen LogP contribution in [0.1, 0.15) is 24.0 Å². The van der Waals surface area contributed by atoms with Gasteiger partial charge in [-0.1, -0.05) is 6.07 Å². The molecule has 2 fully saturated rings. The number of ether oxygens (including phenoxy) is 2. The predicted octanol–water partition coefficient (Wildman–Crippen LogP) is 2.63. The first-order valence-electron chi connectivity index (χ1n) is 9.54. The van der Waals surface area contributed by atoms with Gasteiger partial charge in [0, 0.05) is 53.1 Å². The Morgan fingerprint density at radius 1 is 1.26 bits per heavy atom. The highest BCUT2D eigenvalue weighted by molar-refractivity contribution is 14.0. The van der Waals surface area contributed by atoms with E-state index in [1.807, 2.05) is 7.05 Å². The van der Waals surface area contributed by atoms with E-state index in [4.69, 9.17) is 9.47 Å². The first kappa shape index (κ1) is 22.2. The second-order valence-electron chi connectivity index (χ2n) is 7.31. The molecule has 1 aromatic carbocycles. The molecule has 0 amide bonds. The smallest absolute Gasteiger partial charge is 0.194 e. The number of morpholine rings is 1. The van der Waals surface area contributed by atoms with Crippen molar-refractivity contribution < 1.29 is 9.47 Å². The monoisotopic (exact) mass is 488 g/mol. The number of nitrogens with zero attached hydrogens (tertiary/aromatic N) is 3. The molecule has 7 heteroatoms. The Labute approximate surface area is 180 Å². The maximum absolute atomic E-state index is 5.95. The fraction of sp³-hybridized carbons (Fsp3) is 0.650. The van der Waals surface area contributed by atoms with E-state index < -0.39 is 0 Å². The molecule has 2 aliphatic heterocycles. The number of aryl methyl sites for hydroxylation is 1. The van der Waals surface area contributed by atoms with Crippen LogP contribution in [-0.2, 0) is 16.0 Å². The number of hydrogen-bond acceptors (Lipinski definition) is 4. The van der Waals surface area contributed by atoms with Crippen molar-refractivity contribution in [1.82, 2.24) is 10.2 Å². The molecule has 2 heterocycles. The van der Waals surface area contributed by atoms with E-state index in [0.717, 1.165) is 51.6 Å². The second-order valence-corrected chi connectivity index (χ2v) is 7.31. The quantitative estimate of drug-likeness (QED) is 0.401. The van der Waals surface area contributed by atoms with Crippen LogP contribution in [0.2, 0.25) is 0 Å². The molecule has 6 nitrogen and oxygen atoms in total. The van der Waals surface area contributed by atoms with Crippen molar-refractivity contribution in [2.75, 3.05) is 52.3 Å². The van der Waals surface area contributed by atoms with Gasteiger partial charge in [-0.2, -0.15) is 0 Å². The van der Waals surface area contributed by atoms with Crippen molar-refractivity contribution in [3.05, 3.63) is 29.3 Å². The highest BCUT2D eigenvalue weighted by atomic mass is 127. The summed E-state index contributed by atoms with van der Waals surface area (Å²) in [7, 11) is 5.98. The van der Waals surface area contributed by atoms with Crippen LogP contribution < -0.4 is 10.2 Å². The third kappa shape index (κ3) is 5.71. The average molecular weight is 488 g/mol. The average Bonchev–Trinajstić information content (AvgIpc) is 3.18. The summed E-state index contributed by atoms with van der Waals surface area (Å²) >= 11 is 0. The third-order valence-electron chi connectivity index (χ3n) is 5.26. The molecule has 0 aliphatic carbocycles. The standard InChI is InChI=1S/C20H32N4O2.HI/c1-15-12-17(23(3)4)8-7-16(15)13-22-20(21-2)24-9-11-26-19(14-24)18-6-5-10-25-18;/h7-8,12,18-19H,5-6,9-11,13-14H2,1-4H3,(H,21,22);1H. The summed E-state index contributed by atoms with van der Waals surface area (Å²) in [5, 5.41) is 3.52. The van der Waals surface area contributed by atoms with Crippen molar-refractivity contribution >= 4 is 35.6 Å². The van der Waals surface area contributed by atoms with Crippen molar-refractivity contribution in [1.29, 1.82) is 0 Å². The topological polar surface area (TPSA) is 49.3 Å². The summed E-state index contributed by atoms with van der Waals surface area (Å²) in [6.45, 7) is 6.22. The van der Waals surface area contributed by atoms with Crippen LogP contribution in [0.3, 0.4) is 0 Å². The number of aliphatic imine (C=N–C) groups is 1. The SMILES string of the molecule is CN=C(NCc1ccc(N(C)C)cc1C)N1CCOC(C2CCCO2)C1.I. The molecule has 2 aliphatic rings. The number of anilines is 1. The molecule has 0 saturated carbocycles. The first-order valence-corrected chi connectivity index (χ1v) is 9.54. The summed E-state index contributed by atoms with van der Waals surface area (Å²) in [6, 6.07) is 6.58. The van der Waals surface area contributed by atoms with E-state index in [0.29, 0.717) is 0 Å². The lowest BCUT2D eigenvalue weighted by Crippen LogP contribution is -2.53. The van der Waals surface area contributed by atoms with Gasteiger partial charge < -0.3 is 24.6 Å². The van der Waals surface area contributed by atoms with E-state index in [1.54, 1.807) is 0 Å². The van der Waals surface area contributed by atoms with Gasteiger partial charge in [-0.25, -0.2) is 0 Å². The maximum atomic E-state index is 5.95. The summed E-state index contributed by atoms with van der Waals surface area (Å²) < 4.78 is 11.8. The van der Waals surface area contributed by atoms with Gasteiger partial charge in [-0.05, 0) is 43.0 Å². The van der Waals surface area contributed by atoms with Crippen molar-refractivity contribution in [2.45, 2.75) is 38.5 Å². The Hall–Kier alpha value is -1.06. The summed E-state index contributed by atoms with van der Waals surface area (Å²) in [6.07, 6.45) is 2.62. The number of rotatable bonds is 4. The van der Waals surface area contributed by atoms with Gasteiger partial charge in [0.1, 0.15) is 6.10 Å². The fourth-order valence-corrected chi connectivity index (χ4v) is 3.65. The van der Waals surface area contributed by atoms with E-state index in [-0.39, 0.29) is 36.2 Å². The van der Waals surface area contributed by atoms with Gasteiger partial charge in [-0.15, -0.1) is 24.0 Å². The van der Waals surface area contributed by atoms with Crippen molar-refractivity contribution in [3.8, 4) is 0 Å². The van der Waals surface area contributed by atoms with Crippen LogP contribution in [0.4, 0.5) is 5.69 Å². The molecule has 152 valence electrons. The maximum Gasteiger partial charge on any atom is 0.194 e. The van der Waals surface area contributed by atoms with Crippen LogP contribution in [0.25, 0.3) is 0 Å². The number of hydrogen-bond donors (Lipinski definition) is 1. The first-order chi connectivity index (χ1) is 12.6. The zero-order valence-corrected chi connectivity index (χ0v) is 19.2. The number of benzene rings is 1. The molecule has 1 N–H and O–H groups in total. The molecule has 2 unspecified atom stereocenters. The molecule has 27 heavy (non-hydrogen) atoms. The molecule has 0 spiro atoms. The van der Waals surface area contributed by atoms with Gasteiger partial charge in [0.25, 0.3) is 0 Å². The predicted molar refractivity (Wildman–Crippen MR) is 121 cm³/mol. The highest BCUT2D eigenvalue weighted by Gasteiger charge is 2.32. The van der Waals surface area contributed by atoms with Gasteiger partial charge >= 0.3 is 0 Å². The highest BCUT2D eigenvalue weighted by Crippen LogP contribution is 2.21. The fourth-order valence-electron chi connectivity index (χ4n) is 3.65. The Morgan fingerprint density at radius 2 is 2.04 bits per heavy atom. The van der Waals surface area contributed by atoms with Crippen molar-refractivity contribution in [3.63, 3.8) is 0 Å². The van der Waals surface area contributed by atoms with Gasteiger partial charge in [0.15, 0.2) is 5.96 Å². The van der Waals surface area contributed by atoms with E-state index in [9.17, 15) is 0 Å². The van der Waals surface area contributed by atoms with Crippen LogP contribution >= 0.6 is 24.0 Å². The second kappa shape index (κ2) is 10.5. The van der Waals surface area contributed by atoms with E-state index >= 15 is 0 Å². The Balaban J connectivity index is 0.00000261. The minimum absolute atomic E-state index is 0. The summed E-state index contributed by atoms with van der Waals surface area (Å²) in [4.78, 5) is 8.91. The molecule has 1 aromatic rings. The van der Waals surface area contributed by atoms with Gasteiger partial charge in [0.2, 0.25) is 0 Å². The molecule has 0 radical (unpaired) electrons. The zero-order chi connectivity index (χ0) is 18.5. The lowest BCUT2D eigenvalue weighted by atomic mass is 10.1. The molecule has 2 saturated heterocycles. The van der Waals surface area contributed by atoms with Gasteiger partial charge in [0.05, 0.1) is 12.7 Å². The molecule has 3 rings (SSSR count). The van der Waals surface area contributed by atoms with Crippen LogP contribution in [0.15, 0.2) is 23.2 Å². The molecule has 0 bridgehead atoms. The van der Waals surface area contributed by atoms with Crippen LogP contribution in [0.5, 0.6) is 0 Å². The Morgan fingerprint density at radius 3 is 2.67 bits per heavy atom. The molecular formula is C20H33IN4O2. The normalized spacial score (nSPS) is 23.1. The molecule has 2 atom stereocenters. The minimum Gasteiger partial charge on any atom is -0.378 e. The van der Waals surface area contributed by atoms with Crippen LogP contribution in [0, 0.1) is 6.92 Å². The van der Waals surface area contributed by atoms with E-state index in [1.165, 1.54) is 16.8 Å². The van der Waals surface area contributed by atoms with Crippen LogP contribution in [-0.4, -0.2) is 70.5 Å². The summed E-state index contributed by atoms with van der Waals surface area (Å²) in [5.74, 6) is 0.937. The van der Waals surface area contributed by atoms with Crippen molar-refractivity contribution in [2.24, 2.45) is 4.99 Å². The lowest BCUT2D eigenvalue weighted by molar-refractivity contribution is -0.0817.